The lowest BCUT2D eigenvalue weighted by Crippen LogP contribution is -2.13. The van der Waals surface area contributed by atoms with E-state index < -0.39 is 0 Å². The summed E-state index contributed by atoms with van der Waals surface area (Å²) in [6, 6.07) is 0. The third-order valence-electron chi connectivity index (χ3n) is 1.06. The van der Waals surface area contributed by atoms with Gasteiger partial charge in [-0.3, -0.25) is 4.99 Å². The molecule has 0 spiro atoms. The fourth-order valence-electron chi connectivity index (χ4n) is 0.595. The van der Waals surface area contributed by atoms with Gasteiger partial charge in [0.15, 0.2) is 0 Å². The normalized spacial score (nSPS) is 35.8. The second kappa shape index (κ2) is 1.90. The zero-order valence-electron chi connectivity index (χ0n) is 4.76. The summed E-state index contributed by atoms with van der Waals surface area (Å²) in [6.07, 6.45) is 6.49. The van der Waals surface area contributed by atoms with E-state index in [2.05, 4.69) is 4.99 Å². The van der Waals surface area contributed by atoms with Gasteiger partial charge in [0.1, 0.15) is 5.00 Å². The second-order valence-electron chi connectivity index (χ2n) is 2.05. The van der Waals surface area contributed by atoms with Crippen molar-refractivity contribution in [3.05, 3.63) is 12.2 Å². The molecule has 0 saturated carbocycles. The van der Waals surface area contributed by atoms with Crippen molar-refractivity contribution >= 4 is 17.8 Å². The first-order valence-electron chi connectivity index (χ1n) is 2.60. The standard InChI is InChI=1S/C6H8ClN/c1-6(7)4-2-3-5-8-6/h2-3,5H,4H2,1H3. The van der Waals surface area contributed by atoms with Crippen molar-refractivity contribution in [2.45, 2.75) is 18.3 Å². The summed E-state index contributed by atoms with van der Waals surface area (Å²) in [4.78, 5) is 3.65. The van der Waals surface area contributed by atoms with Crippen molar-refractivity contribution in [1.29, 1.82) is 0 Å². The molecule has 0 radical (unpaired) electrons. The van der Waals surface area contributed by atoms with Crippen molar-refractivity contribution < 1.29 is 0 Å². The van der Waals surface area contributed by atoms with Crippen LogP contribution in [0.15, 0.2) is 17.1 Å². The van der Waals surface area contributed by atoms with Gasteiger partial charge < -0.3 is 0 Å². The van der Waals surface area contributed by atoms with Gasteiger partial charge in [0.2, 0.25) is 0 Å². The van der Waals surface area contributed by atoms with Gasteiger partial charge in [-0.25, -0.2) is 0 Å². The Kier molecular flexibility index (Phi) is 1.39. The zero-order valence-corrected chi connectivity index (χ0v) is 5.52. The summed E-state index contributed by atoms with van der Waals surface area (Å²) in [6.45, 7) is 1.90. The van der Waals surface area contributed by atoms with Crippen LogP contribution in [-0.4, -0.2) is 11.2 Å². The van der Waals surface area contributed by atoms with E-state index >= 15 is 0 Å². The van der Waals surface area contributed by atoms with E-state index in [1.807, 2.05) is 19.1 Å². The fraction of sp³-hybridized carbons (Fsp3) is 0.500. The van der Waals surface area contributed by atoms with Gasteiger partial charge in [-0.15, -0.1) is 0 Å². The SMILES string of the molecule is CC1(Cl)CC=CC=N1. The van der Waals surface area contributed by atoms with Crippen molar-refractivity contribution in [1.82, 2.24) is 0 Å². The number of hydrogen-bond donors (Lipinski definition) is 0. The summed E-state index contributed by atoms with van der Waals surface area (Å²) in [7, 11) is 0. The molecule has 1 rings (SSSR count). The molecule has 8 heavy (non-hydrogen) atoms. The number of allylic oxidation sites excluding steroid dienone is 1. The van der Waals surface area contributed by atoms with Crippen molar-refractivity contribution in [3.8, 4) is 0 Å². The first-order chi connectivity index (χ1) is 3.71. The molecule has 0 aromatic carbocycles. The first-order valence-corrected chi connectivity index (χ1v) is 2.98. The average molecular weight is 130 g/mol. The molecule has 0 saturated heterocycles. The third-order valence-corrected chi connectivity index (χ3v) is 1.31. The fourth-order valence-corrected chi connectivity index (χ4v) is 0.741. The number of hydrogen-bond acceptors (Lipinski definition) is 1. The minimum atomic E-state index is -0.366. The Morgan fingerprint density at radius 1 is 1.75 bits per heavy atom. The van der Waals surface area contributed by atoms with Crippen molar-refractivity contribution in [2.24, 2.45) is 4.99 Å². The molecule has 1 unspecified atom stereocenters. The maximum absolute atomic E-state index is 5.82. The highest BCUT2D eigenvalue weighted by molar-refractivity contribution is 6.24. The van der Waals surface area contributed by atoms with Gasteiger partial charge in [0, 0.05) is 12.6 Å². The molecule has 1 aliphatic heterocycles. The van der Waals surface area contributed by atoms with Gasteiger partial charge in [0.05, 0.1) is 0 Å². The number of alkyl halides is 1. The Bertz CT molecular complexity index is 135. The Morgan fingerprint density at radius 2 is 2.50 bits per heavy atom. The van der Waals surface area contributed by atoms with Crippen LogP contribution in [0.1, 0.15) is 13.3 Å². The lowest BCUT2D eigenvalue weighted by molar-refractivity contribution is 0.675. The highest BCUT2D eigenvalue weighted by Gasteiger charge is 2.16. The van der Waals surface area contributed by atoms with Crippen LogP contribution < -0.4 is 0 Å². The van der Waals surface area contributed by atoms with Gasteiger partial charge >= 0.3 is 0 Å². The molecule has 1 aliphatic rings. The smallest absolute Gasteiger partial charge is 0.134 e. The summed E-state index contributed by atoms with van der Waals surface area (Å²) < 4.78 is 0. The average Bonchev–Trinajstić information content (AvgIpc) is 1.65. The molecule has 1 heterocycles. The van der Waals surface area contributed by atoms with Crippen LogP contribution in [0.5, 0.6) is 0 Å². The van der Waals surface area contributed by atoms with Gasteiger partial charge in [-0.1, -0.05) is 17.7 Å². The van der Waals surface area contributed by atoms with E-state index in [0.717, 1.165) is 6.42 Å². The van der Waals surface area contributed by atoms with Crippen LogP contribution in [0.3, 0.4) is 0 Å². The number of nitrogens with zero attached hydrogens (tertiary/aromatic N) is 1. The van der Waals surface area contributed by atoms with E-state index in [4.69, 9.17) is 11.6 Å². The van der Waals surface area contributed by atoms with Gasteiger partial charge in [-0.2, -0.15) is 0 Å². The highest BCUT2D eigenvalue weighted by Crippen LogP contribution is 2.22. The Labute approximate surface area is 54.1 Å². The molecule has 2 heteroatoms. The van der Waals surface area contributed by atoms with Gasteiger partial charge in [0.25, 0.3) is 0 Å². The van der Waals surface area contributed by atoms with Crippen molar-refractivity contribution in [2.75, 3.05) is 0 Å². The molecule has 0 bridgehead atoms. The van der Waals surface area contributed by atoms with Crippen LogP contribution in [-0.2, 0) is 0 Å². The minimum absolute atomic E-state index is 0.366. The molecule has 0 aromatic heterocycles. The predicted octanol–water partition coefficient (Wildman–Crippen LogP) is 1.97. The van der Waals surface area contributed by atoms with Crippen molar-refractivity contribution in [3.63, 3.8) is 0 Å². The molecular weight excluding hydrogens is 122 g/mol. The number of halogens is 1. The van der Waals surface area contributed by atoms with Crippen LogP contribution in [0.2, 0.25) is 0 Å². The molecule has 1 nitrogen and oxygen atoms in total. The van der Waals surface area contributed by atoms with Crippen LogP contribution >= 0.6 is 11.6 Å². The maximum atomic E-state index is 5.82. The molecule has 0 fully saturated rings. The summed E-state index contributed by atoms with van der Waals surface area (Å²) >= 11 is 5.82. The largest absolute Gasteiger partial charge is 0.270 e. The maximum Gasteiger partial charge on any atom is 0.134 e. The molecule has 0 aromatic rings. The highest BCUT2D eigenvalue weighted by atomic mass is 35.5. The number of rotatable bonds is 0. The second-order valence-corrected chi connectivity index (χ2v) is 2.87. The lowest BCUT2D eigenvalue weighted by atomic mass is 10.2. The zero-order chi connectivity index (χ0) is 6.04. The van der Waals surface area contributed by atoms with Gasteiger partial charge in [-0.05, 0) is 13.0 Å². The number of aliphatic imine (C=N–C) groups is 1. The summed E-state index contributed by atoms with van der Waals surface area (Å²) in [5, 5.41) is 0. The van der Waals surface area contributed by atoms with Crippen LogP contribution in [0.25, 0.3) is 0 Å². The summed E-state index contributed by atoms with van der Waals surface area (Å²) in [5.41, 5.74) is 0. The third kappa shape index (κ3) is 1.34. The van der Waals surface area contributed by atoms with Crippen LogP contribution in [0, 0.1) is 0 Å². The Morgan fingerprint density at radius 3 is 2.75 bits per heavy atom. The molecule has 0 aliphatic carbocycles. The van der Waals surface area contributed by atoms with E-state index in [0.29, 0.717) is 0 Å². The topological polar surface area (TPSA) is 12.4 Å². The van der Waals surface area contributed by atoms with E-state index in [1.54, 1.807) is 6.21 Å². The monoisotopic (exact) mass is 129 g/mol. The first kappa shape index (κ1) is 5.83. The number of dihydropyridines is 1. The van der Waals surface area contributed by atoms with E-state index in [1.165, 1.54) is 0 Å². The molecule has 0 amide bonds. The van der Waals surface area contributed by atoms with E-state index in [-0.39, 0.29) is 5.00 Å². The quantitative estimate of drug-likeness (QED) is 0.350. The van der Waals surface area contributed by atoms with E-state index in [9.17, 15) is 0 Å². The Balaban J connectivity index is 2.65. The Hall–Kier alpha value is -0.300. The van der Waals surface area contributed by atoms with Crippen LogP contribution in [0.4, 0.5) is 0 Å². The molecule has 0 N–H and O–H groups in total. The predicted molar refractivity (Wildman–Crippen MR) is 36.5 cm³/mol. The molecular formula is C6H8ClN. The minimum Gasteiger partial charge on any atom is -0.270 e. The lowest BCUT2D eigenvalue weighted by Gasteiger charge is -2.15. The molecule has 44 valence electrons. The molecule has 1 atom stereocenters. The summed E-state index contributed by atoms with van der Waals surface area (Å²) in [5.74, 6) is 0.